The molecule has 1 aliphatic heterocycles. The molecule has 0 radical (unpaired) electrons. The molecule has 0 aromatic heterocycles. The number of hydrogen-bond donors (Lipinski definition) is 2. The number of ether oxygens (including phenoxy) is 1. The van der Waals surface area contributed by atoms with Gasteiger partial charge in [0.2, 0.25) is 0 Å². The van der Waals surface area contributed by atoms with E-state index in [1.54, 1.807) is 12.1 Å². The molecule has 0 spiro atoms. The fourth-order valence-electron chi connectivity index (χ4n) is 2.15. The molecule has 0 unspecified atom stereocenters. The first kappa shape index (κ1) is 14.8. The van der Waals surface area contributed by atoms with Crippen molar-refractivity contribution >= 4 is 17.9 Å². The number of fused-ring (bicyclic) bond motifs is 1. The fraction of sp³-hybridized carbons (Fsp3) is 0.0588. The van der Waals surface area contributed by atoms with Gasteiger partial charge >= 0.3 is 0 Å². The van der Waals surface area contributed by atoms with Gasteiger partial charge in [0.15, 0.2) is 0 Å². The van der Waals surface area contributed by atoms with E-state index >= 15 is 0 Å². The molecule has 2 amide bonds. The zero-order valence-corrected chi connectivity index (χ0v) is 12.0. The van der Waals surface area contributed by atoms with Gasteiger partial charge < -0.3 is 4.74 Å². The molecule has 0 atom stereocenters. The lowest BCUT2D eigenvalue weighted by molar-refractivity contribution is -0.118. The standard InChI is InChI=1S/C17H13FN2O3/c18-14-7-3-2-6-13(14)17(22)20-19-16(21)12-9-11-5-1-4-8-15(11)23-10-12/h1-9H,10H2,(H,19,21)(H,20,22). The second kappa shape index (κ2) is 6.31. The van der Waals surface area contributed by atoms with E-state index in [0.717, 1.165) is 5.56 Å². The maximum atomic E-state index is 13.5. The van der Waals surface area contributed by atoms with Crippen molar-refractivity contribution in [2.45, 2.75) is 0 Å². The van der Waals surface area contributed by atoms with Crippen LogP contribution >= 0.6 is 0 Å². The van der Waals surface area contributed by atoms with Gasteiger partial charge in [0.05, 0.1) is 11.1 Å². The van der Waals surface area contributed by atoms with Gasteiger partial charge in [0, 0.05) is 5.56 Å². The van der Waals surface area contributed by atoms with Crippen molar-refractivity contribution in [2.75, 3.05) is 6.61 Å². The van der Waals surface area contributed by atoms with Gasteiger partial charge in [-0.05, 0) is 24.3 Å². The number of carbonyl (C=O) groups excluding carboxylic acids is 2. The van der Waals surface area contributed by atoms with Crippen LogP contribution in [0.4, 0.5) is 4.39 Å². The van der Waals surface area contributed by atoms with Crippen molar-refractivity contribution in [1.82, 2.24) is 10.9 Å². The van der Waals surface area contributed by atoms with Gasteiger partial charge in [0.25, 0.3) is 11.8 Å². The van der Waals surface area contributed by atoms with Crippen LogP contribution in [0.15, 0.2) is 54.1 Å². The monoisotopic (exact) mass is 312 g/mol. The lowest BCUT2D eigenvalue weighted by Crippen LogP contribution is -2.43. The Labute approximate surface area is 131 Å². The van der Waals surface area contributed by atoms with E-state index in [1.807, 2.05) is 18.2 Å². The van der Waals surface area contributed by atoms with Gasteiger partial charge in [0.1, 0.15) is 18.2 Å². The SMILES string of the molecule is O=C(NNC(=O)c1ccccc1F)C1=Cc2ccccc2OC1. The number of halogens is 1. The molecular formula is C17H13FN2O3. The first-order chi connectivity index (χ1) is 11.1. The Kier molecular flexibility index (Phi) is 4.05. The average molecular weight is 312 g/mol. The first-order valence-corrected chi connectivity index (χ1v) is 6.93. The molecule has 2 N–H and O–H groups in total. The molecule has 0 fully saturated rings. The molecule has 6 heteroatoms. The van der Waals surface area contributed by atoms with Crippen LogP contribution in [0.2, 0.25) is 0 Å². The van der Waals surface area contributed by atoms with Crippen LogP contribution in [0.25, 0.3) is 6.08 Å². The second-order valence-electron chi connectivity index (χ2n) is 4.88. The summed E-state index contributed by atoms with van der Waals surface area (Å²) in [4.78, 5) is 23.9. The van der Waals surface area contributed by atoms with Crippen LogP contribution in [-0.2, 0) is 4.79 Å². The highest BCUT2D eigenvalue weighted by atomic mass is 19.1. The van der Waals surface area contributed by atoms with Crippen LogP contribution in [-0.4, -0.2) is 18.4 Å². The van der Waals surface area contributed by atoms with Crippen molar-refractivity contribution in [1.29, 1.82) is 0 Å². The Morgan fingerprint density at radius 3 is 2.48 bits per heavy atom. The van der Waals surface area contributed by atoms with Crippen molar-refractivity contribution in [3.8, 4) is 5.75 Å². The van der Waals surface area contributed by atoms with Gasteiger partial charge in [-0.2, -0.15) is 0 Å². The minimum absolute atomic E-state index is 0.0957. The maximum absolute atomic E-state index is 13.5. The molecule has 116 valence electrons. The van der Waals surface area contributed by atoms with E-state index < -0.39 is 17.6 Å². The zero-order chi connectivity index (χ0) is 16.2. The van der Waals surface area contributed by atoms with E-state index in [-0.39, 0.29) is 12.2 Å². The molecule has 1 aliphatic rings. The largest absolute Gasteiger partial charge is 0.488 e. The van der Waals surface area contributed by atoms with Crippen molar-refractivity contribution in [2.24, 2.45) is 0 Å². The molecule has 0 aliphatic carbocycles. The van der Waals surface area contributed by atoms with E-state index in [9.17, 15) is 14.0 Å². The quantitative estimate of drug-likeness (QED) is 0.834. The van der Waals surface area contributed by atoms with Gasteiger partial charge in [-0.15, -0.1) is 0 Å². The van der Waals surface area contributed by atoms with E-state index in [1.165, 1.54) is 24.3 Å². The van der Waals surface area contributed by atoms with Crippen molar-refractivity contribution in [3.05, 3.63) is 71.0 Å². The number of rotatable bonds is 2. The highest BCUT2D eigenvalue weighted by Crippen LogP contribution is 2.25. The predicted molar refractivity (Wildman–Crippen MR) is 81.9 cm³/mol. The summed E-state index contributed by atoms with van der Waals surface area (Å²) >= 11 is 0. The molecule has 2 aromatic rings. The predicted octanol–water partition coefficient (Wildman–Crippen LogP) is 2.06. The summed E-state index contributed by atoms with van der Waals surface area (Å²) in [6, 6.07) is 12.8. The number of benzene rings is 2. The number of hydrogen-bond acceptors (Lipinski definition) is 3. The Morgan fingerprint density at radius 1 is 0.957 bits per heavy atom. The lowest BCUT2D eigenvalue weighted by Gasteiger charge is -2.17. The summed E-state index contributed by atoms with van der Waals surface area (Å²) in [5.74, 6) is -1.20. The fourth-order valence-corrected chi connectivity index (χ4v) is 2.15. The summed E-state index contributed by atoms with van der Waals surface area (Å²) in [6.07, 6.45) is 1.68. The summed E-state index contributed by atoms with van der Waals surface area (Å²) in [7, 11) is 0. The zero-order valence-electron chi connectivity index (χ0n) is 12.0. The number of para-hydroxylation sites is 1. The van der Waals surface area contributed by atoms with E-state index in [2.05, 4.69) is 10.9 Å². The summed E-state index contributed by atoms with van der Waals surface area (Å²) in [6.45, 7) is 0.0957. The smallest absolute Gasteiger partial charge is 0.272 e. The molecule has 1 heterocycles. The molecule has 3 rings (SSSR count). The third-order valence-electron chi connectivity index (χ3n) is 3.33. The van der Waals surface area contributed by atoms with Crippen LogP contribution < -0.4 is 15.6 Å². The number of carbonyl (C=O) groups is 2. The van der Waals surface area contributed by atoms with E-state index in [4.69, 9.17) is 4.74 Å². The molecule has 0 saturated heterocycles. The summed E-state index contributed by atoms with van der Waals surface area (Å²) < 4.78 is 18.9. The average Bonchev–Trinajstić information content (AvgIpc) is 2.59. The van der Waals surface area contributed by atoms with Gasteiger partial charge in [-0.1, -0.05) is 30.3 Å². The van der Waals surface area contributed by atoms with Crippen LogP contribution in [0.5, 0.6) is 5.75 Å². The highest BCUT2D eigenvalue weighted by Gasteiger charge is 2.18. The first-order valence-electron chi connectivity index (χ1n) is 6.93. The third-order valence-corrected chi connectivity index (χ3v) is 3.33. The summed E-state index contributed by atoms with van der Waals surface area (Å²) in [5, 5.41) is 0. The Balaban J connectivity index is 1.66. The van der Waals surface area contributed by atoms with Crippen molar-refractivity contribution < 1.29 is 18.7 Å². The Bertz CT molecular complexity index is 802. The van der Waals surface area contributed by atoms with Crippen LogP contribution in [0.3, 0.4) is 0 Å². The van der Waals surface area contributed by atoms with Gasteiger partial charge in [-0.3, -0.25) is 20.4 Å². The lowest BCUT2D eigenvalue weighted by atomic mass is 10.1. The van der Waals surface area contributed by atoms with Gasteiger partial charge in [-0.25, -0.2) is 4.39 Å². The summed E-state index contributed by atoms with van der Waals surface area (Å²) in [5.41, 5.74) is 5.44. The molecule has 23 heavy (non-hydrogen) atoms. The Hall–Kier alpha value is -3.15. The second-order valence-corrected chi connectivity index (χ2v) is 4.88. The number of nitrogens with one attached hydrogen (secondary N) is 2. The normalized spacial score (nSPS) is 12.5. The number of amides is 2. The minimum Gasteiger partial charge on any atom is -0.488 e. The van der Waals surface area contributed by atoms with Crippen molar-refractivity contribution in [3.63, 3.8) is 0 Å². The van der Waals surface area contributed by atoms with Crippen LogP contribution in [0.1, 0.15) is 15.9 Å². The molecule has 0 saturated carbocycles. The highest BCUT2D eigenvalue weighted by molar-refractivity contribution is 6.01. The Morgan fingerprint density at radius 2 is 1.65 bits per heavy atom. The molecular weight excluding hydrogens is 299 g/mol. The molecule has 5 nitrogen and oxygen atoms in total. The molecule has 0 bridgehead atoms. The topological polar surface area (TPSA) is 67.4 Å². The minimum atomic E-state index is -0.728. The molecule has 2 aromatic carbocycles. The maximum Gasteiger partial charge on any atom is 0.272 e. The van der Waals surface area contributed by atoms with Crippen LogP contribution in [0, 0.1) is 5.82 Å². The van der Waals surface area contributed by atoms with E-state index in [0.29, 0.717) is 11.3 Å². The third kappa shape index (κ3) is 3.21. The number of hydrazine groups is 1.